The van der Waals surface area contributed by atoms with Crippen LogP contribution in [0.25, 0.3) is 0 Å². The topological polar surface area (TPSA) is 46.6 Å². The molecule has 0 spiro atoms. The molecule has 1 aliphatic carbocycles. The zero-order valence-corrected chi connectivity index (χ0v) is 8.20. The van der Waals surface area contributed by atoms with Gasteiger partial charge in [-0.3, -0.25) is 4.79 Å². The van der Waals surface area contributed by atoms with Crippen LogP contribution in [-0.4, -0.2) is 36.5 Å². The maximum absolute atomic E-state index is 11.4. The number of carbonyl (C=O) groups is 2. The second kappa shape index (κ2) is 3.98. The van der Waals surface area contributed by atoms with E-state index in [0.29, 0.717) is 38.5 Å². The van der Waals surface area contributed by atoms with Gasteiger partial charge in [0.25, 0.3) is 0 Å². The lowest BCUT2D eigenvalue weighted by Crippen LogP contribution is -2.39. The molecule has 1 amide bonds. The summed E-state index contributed by atoms with van der Waals surface area (Å²) >= 11 is 0. The fraction of sp³-hybridized carbons (Fsp3) is 0.800. The average Bonchev–Trinajstić information content (AvgIpc) is 2.99. The highest BCUT2D eigenvalue weighted by atomic mass is 16.6. The van der Waals surface area contributed by atoms with E-state index in [1.165, 1.54) is 12.8 Å². The van der Waals surface area contributed by atoms with E-state index in [2.05, 4.69) is 0 Å². The van der Waals surface area contributed by atoms with E-state index in [9.17, 15) is 9.59 Å². The number of carbonyl (C=O) groups excluding carboxylic acids is 2. The zero-order chi connectivity index (χ0) is 9.97. The molecule has 14 heavy (non-hydrogen) atoms. The number of hydrogen-bond donors (Lipinski definition) is 0. The van der Waals surface area contributed by atoms with Crippen molar-refractivity contribution in [3.05, 3.63) is 0 Å². The molecule has 2 rings (SSSR count). The number of nitrogens with zero attached hydrogens (tertiary/aromatic N) is 1. The molecule has 1 heterocycles. The van der Waals surface area contributed by atoms with Gasteiger partial charge in [0, 0.05) is 25.9 Å². The molecule has 4 heteroatoms. The van der Waals surface area contributed by atoms with Crippen LogP contribution < -0.4 is 0 Å². The van der Waals surface area contributed by atoms with Gasteiger partial charge in [0.2, 0.25) is 0 Å². The number of hydrogen-bond acceptors (Lipinski definition) is 3. The second-order valence-corrected chi connectivity index (χ2v) is 4.05. The van der Waals surface area contributed by atoms with Crippen LogP contribution >= 0.6 is 0 Å². The lowest BCUT2D eigenvalue weighted by Gasteiger charge is -2.25. The van der Waals surface area contributed by atoms with Crippen molar-refractivity contribution in [2.45, 2.75) is 25.7 Å². The maximum Gasteiger partial charge on any atom is 0.409 e. The minimum atomic E-state index is -0.246. The Hall–Kier alpha value is -1.06. The first-order chi connectivity index (χ1) is 6.75. The number of Topliss-reactive ketones (excluding diaryl/α,β-unsaturated/α-hetero) is 1. The van der Waals surface area contributed by atoms with Crippen LogP contribution in [0.5, 0.6) is 0 Å². The van der Waals surface area contributed by atoms with E-state index in [1.807, 2.05) is 0 Å². The van der Waals surface area contributed by atoms with Gasteiger partial charge < -0.3 is 9.64 Å². The summed E-state index contributed by atoms with van der Waals surface area (Å²) in [6, 6.07) is 0. The van der Waals surface area contributed by atoms with Crippen molar-refractivity contribution >= 4 is 11.9 Å². The van der Waals surface area contributed by atoms with Crippen molar-refractivity contribution in [3.8, 4) is 0 Å². The molecular formula is C10H15NO3. The number of ketones is 1. The summed E-state index contributed by atoms with van der Waals surface area (Å²) in [5, 5.41) is 0. The highest BCUT2D eigenvalue weighted by Crippen LogP contribution is 2.29. The predicted octanol–water partition coefficient (Wildman–Crippen LogP) is 1.20. The maximum atomic E-state index is 11.4. The van der Waals surface area contributed by atoms with Crippen molar-refractivity contribution < 1.29 is 14.3 Å². The summed E-state index contributed by atoms with van der Waals surface area (Å²) in [6.45, 7) is 1.62. The summed E-state index contributed by atoms with van der Waals surface area (Å²) < 4.78 is 5.12. The molecular weight excluding hydrogens is 182 g/mol. The zero-order valence-electron chi connectivity index (χ0n) is 8.20. The molecule has 4 nitrogen and oxygen atoms in total. The largest absolute Gasteiger partial charge is 0.449 e. The van der Waals surface area contributed by atoms with Gasteiger partial charge in [0.1, 0.15) is 5.78 Å². The number of ether oxygens (including phenoxy) is 1. The Morgan fingerprint density at radius 1 is 1.36 bits per heavy atom. The van der Waals surface area contributed by atoms with Gasteiger partial charge in [0.15, 0.2) is 0 Å². The van der Waals surface area contributed by atoms with Gasteiger partial charge in [-0.25, -0.2) is 4.79 Å². The Kier molecular flexibility index (Phi) is 2.70. The van der Waals surface area contributed by atoms with Gasteiger partial charge in [0.05, 0.1) is 6.61 Å². The molecule has 0 atom stereocenters. The smallest absolute Gasteiger partial charge is 0.409 e. The quantitative estimate of drug-likeness (QED) is 0.668. The van der Waals surface area contributed by atoms with Crippen LogP contribution in [-0.2, 0) is 9.53 Å². The molecule has 0 radical (unpaired) electrons. The molecule has 0 aromatic heterocycles. The first-order valence-electron chi connectivity index (χ1n) is 5.19. The van der Waals surface area contributed by atoms with Crippen molar-refractivity contribution in [1.29, 1.82) is 0 Å². The van der Waals surface area contributed by atoms with E-state index in [1.54, 1.807) is 4.90 Å². The molecule has 0 unspecified atom stereocenters. The highest BCUT2D eigenvalue weighted by Gasteiger charge is 2.26. The number of piperidine rings is 1. The Balaban J connectivity index is 1.70. The Morgan fingerprint density at radius 3 is 2.57 bits per heavy atom. The molecule has 2 aliphatic rings. The summed E-state index contributed by atoms with van der Waals surface area (Å²) in [5.41, 5.74) is 0. The minimum absolute atomic E-state index is 0.246. The molecule has 0 aromatic rings. The Labute approximate surface area is 83.2 Å². The fourth-order valence-corrected chi connectivity index (χ4v) is 1.50. The fourth-order valence-electron chi connectivity index (χ4n) is 1.50. The second-order valence-electron chi connectivity index (χ2n) is 4.05. The van der Waals surface area contributed by atoms with Crippen molar-refractivity contribution in [1.82, 2.24) is 4.90 Å². The Morgan fingerprint density at radius 2 is 2.00 bits per heavy atom. The van der Waals surface area contributed by atoms with E-state index in [4.69, 9.17) is 4.74 Å². The van der Waals surface area contributed by atoms with E-state index in [0.717, 1.165) is 0 Å². The van der Waals surface area contributed by atoms with Crippen LogP contribution in [0, 0.1) is 5.92 Å². The van der Waals surface area contributed by atoms with Gasteiger partial charge in [-0.2, -0.15) is 0 Å². The van der Waals surface area contributed by atoms with Crippen LogP contribution in [0.1, 0.15) is 25.7 Å². The molecule has 1 saturated carbocycles. The molecule has 0 aromatic carbocycles. The van der Waals surface area contributed by atoms with E-state index in [-0.39, 0.29) is 11.9 Å². The van der Waals surface area contributed by atoms with E-state index < -0.39 is 0 Å². The lowest BCUT2D eigenvalue weighted by molar-refractivity contribution is -0.121. The molecule has 78 valence electrons. The van der Waals surface area contributed by atoms with Crippen molar-refractivity contribution in [2.24, 2.45) is 5.92 Å². The number of likely N-dealkylation sites (tertiary alicyclic amines) is 1. The normalized spacial score (nSPS) is 22.3. The lowest BCUT2D eigenvalue weighted by atomic mass is 10.1. The van der Waals surface area contributed by atoms with Gasteiger partial charge in [-0.05, 0) is 18.8 Å². The standard InChI is InChI=1S/C10H15NO3/c12-9-3-5-11(6-4-9)10(13)14-7-8-1-2-8/h8H,1-7H2. The first kappa shape index (κ1) is 9.49. The SMILES string of the molecule is O=C1CCN(C(=O)OCC2CC2)CC1. The van der Waals surface area contributed by atoms with Crippen LogP contribution in [0.2, 0.25) is 0 Å². The molecule has 2 fully saturated rings. The third-order valence-corrected chi connectivity index (χ3v) is 2.72. The number of rotatable bonds is 2. The number of amides is 1. The van der Waals surface area contributed by atoms with Crippen molar-refractivity contribution in [2.75, 3.05) is 19.7 Å². The summed E-state index contributed by atoms with van der Waals surface area (Å²) in [6.07, 6.45) is 3.10. The van der Waals surface area contributed by atoms with E-state index >= 15 is 0 Å². The van der Waals surface area contributed by atoms with Gasteiger partial charge in [-0.1, -0.05) is 0 Å². The average molecular weight is 197 g/mol. The van der Waals surface area contributed by atoms with Crippen LogP contribution in [0.4, 0.5) is 4.79 Å². The monoisotopic (exact) mass is 197 g/mol. The van der Waals surface area contributed by atoms with Crippen molar-refractivity contribution in [3.63, 3.8) is 0 Å². The van der Waals surface area contributed by atoms with Crippen LogP contribution in [0.3, 0.4) is 0 Å². The minimum Gasteiger partial charge on any atom is -0.449 e. The molecule has 1 aliphatic heterocycles. The third-order valence-electron chi connectivity index (χ3n) is 2.72. The highest BCUT2D eigenvalue weighted by molar-refractivity contribution is 5.81. The van der Waals surface area contributed by atoms with Crippen LogP contribution in [0.15, 0.2) is 0 Å². The Bertz CT molecular complexity index is 238. The first-order valence-corrected chi connectivity index (χ1v) is 5.19. The molecule has 0 N–H and O–H groups in total. The van der Waals surface area contributed by atoms with Gasteiger partial charge in [-0.15, -0.1) is 0 Å². The predicted molar refractivity (Wildman–Crippen MR) is 49.9 cm³/mol. The molecule has 1 saturated heterocycles. The summed E-state index contributed by atoms with van der Waals surface area (Å²) in [4.78, 5) is 24.0. The summed E-state index contributed by atoms with van der Waals surface area (Å²) in [7, 11) is 0. The molecule has 0 bridgehead atoms. The van der Waals surface area contributed by atoms with Gasteiger partial charge >= 0.3 is 6.09 Å². The summed E-state index contributed by atoms with van der Waals surface area (Å²) in [5.74, 6) is 0.849. The third kappa shape index (κ3) is 2.47.